The van der Waals surface area contributed by atoms with E-state index in [9.17, 15) is 9.59 Å². The highest BCUT2D eigenvalue weighted by atomic mass is 16.6. The van der Waals surface area contributed by atoms with Crippen molar-refractivity contribution >= 4 is 17.6 Å². The van der Waals surface area contributed by atoms with Crippen LogP contribution in [0.1, 0.15) is 23.8 Å². The predicted molar refractivity (Wildman–Crippen MR) is 62.4 cm³/mol. The number of carbonyl (C=O) groups is 2. The molecule has 8 heteroatoms. The summed E-state index contributed by atoms with van der Waals surface area (Å²) in [4.78, 5) is 31.2. The maximum Gasteiger partial charge on any atom is 0.353 e. The molecule has 102 valence electrons. The molecule has 1 unspecified atom stereocenters. The zero-order valence-electron chi connectivity index (χ0n) is 10.5. The number of nitrogens with one attached hydrogen (secondary N) is 1. The van der Waals surface area contributed by atoms with E-state index in [0.29, 0.717) is 11.7 Å². The predicted octanol–water partition coefficient (Wildman–Crippen LogP) is 0.137. The normalized spacial score (nSPS) is 17.8. The van der Waals surface area contributed by atoms with Gasteiger partial charge in [0.25, 0.3) is 5.91 Å². The van der Waals surface area contributed by atoms with Gasteiger partial charge in [0.15, 0.2) is 5.71 Å². The fourth-order valence-corrected chi connectivity index (χ4v) is 1.54. The number of carboxylic acids is 1. The number of nitrogens with zero attached hydrogens (tertiary/aromatic N) is 2. The Bertz CT molecular complexity index is 529. The van der Waals surface area contributed by atoms with Crippen LogP contribution in [-0.2, 0) is 21.0 Å². The topological polar surface area (TPSA) is 114 Å². The van der Waals surface area contributed by atoms with Crippen LogP contribution < -0.4 is 5.32 Å². The molecule has 2 rings (SSSR count). The van der Waals surface area contributed by atoms with Crippen molar-refractivity contribution in [3.05, 3.63) is 17.3 Å². The van der Waals surface area contributed by atoms with Gasteiger partial charge in [-0.3, -0.25) is 4.79 Å². The van der Waals surface area contributed by atoms with Crippen molar-refractivity contribution in [1.29, 1.82) is 0 Å². The third-order valence-electron chi connectivity index (χ3n) is 2.69. The van der Waals surface area contributed by atoms with Gasteiger partial charge in [0.2, 0.25) is 12.0 Å². The number of carbonyl (C=O) groups excluding carboxylic acids is 1. The van der Waals surface area contributed by atoms with E-state index in [1.54, 1.807) is 13.8 Å². The summed E-state index contributed by atoms with van der Waals surface area (Å²) in [5.41, 5.74) is 0.598. The summed E-state index contributed by atoms with van der Waals surface area (Å²) in [6.45, 7) is 3.70. The van der Waals surface area contributed by atoms with Gasteiger partial charge >= 0.3 is 5.97 Å². The summed E-state index contributed by atoms with van der Waals surface area (Å²) in [5.74, 6) is -0.554. The molecule has 0 saturated heterocycles. The maximum atomic E-state index is 11.7. The fraction of sp³-hybridized carbons (Fsp3) is 0.455. The van der Waals surface area contributed by atoms with Gasteiger partial charge in [-0.15, -0.1) is 0 Å². The quantitative estimate of drug-likeness (QED) is 0.801. The standard InChI is InChI=1S/C11H13N3O5/c1-5-6(2)18-9(13-5)4-12-10(15)8-3-7(11(16)17)14-19-8/h8H,3-4H2,1-2H3,(H,12,15)(H,16,17). The first-order valence-corrected chi connectivity index (χ1v) is 5.64. The van der Waals surface area contributed by atoms with Gasteiger partial charge in [-0.2, -0.15) is 0 Å². The Kier molecular flexibility index (Phi) is 3.50. The van der Waals surface area contributed by atoms with E-state index in [2.05, 4.69) is 15.5 Å². The molecule has 0 aromatic carbocycles. The van der Waals surface area contributed by atoms with Gasteiger partial charge in [-0.1, -0.05) is 5.16 Å². The Morgan fingerprint density at radius 2 is 2.21 bits per heavy atom. The Hall–Kier alpha value is -2.38. The SMILES string of the molecule is Cc1nc(CNC(=O)C2CC(C(=O)O)=NO2)oc1C. The molecule has 1 aliphatic heterocycles. The Balaban J connectivity index is 1.84. The van der Waals surface area contributed by atoms with Crippen molar-refractivity contribution in [2.45, 2.75) is 32.9 Å². The first-order valence-electron chi connectivity index (χ1n) is 5.64. The number of hydrogen-bond acceptors (Lipinski definition) is 6. The number of aryl methyl sites for hydroxylation is 2. The molecule has 2 N–H and O–H groups in total. The van der Waals surface area contributed by atoms with Crippen molar-refractivity contribution in [2.24, 2.45) is 5.16 Å². The molecule has 1 aliphatic rings. The molecular weight excluding hydrogens is 254 g/mol. The molecule has 8 nitrogen and oxygen atoms in total. The number of hydrogen-bond donors (Lipinski definition) is 2. The monoisotopic (exact) mass is 267 g/mol. The van der Waals surface area contributed by atoms with Crippen molar-refractivity contribution in [3.63, 3.8) is 0 Å². The maximum absolute atomic E-state index is 11.7. The van der Waals surface area contributed by atoms with E-state index in [0.717, 1.165) is 5.69 Å². The van der Waals surface area contributed by atoms with Crippen molar-refractivity contribution < 1.29 is 24.0 Å². The van der Waals surface area contributed by atoms with Gasteiger partial charge in [-0.05, 0) is 13.8 Å². The van der Waals surface area contributed by atoms with E-state index in [1.807, 2.05) is 0 Å². The minimum atomic E-state index is -1.19. The van der Waals surface area contributed by atoms with E-state index in [-0.39, 0.29) is 18.7 Å². The highest BCUT2D eigenvalue weighted by Crippen LogP contribution is 2.12. The van der Waals surface area contributed by atoms with Gasteiger partial charge in [0.1, 0.15) is 5.76 Å². The molecule has 1 atom stereocenters. The fourth-order valence-electron chi connectivity index (χ4n) is 1.54. The number of amides is 1. The number of rotatable bonds is 4. The van der Waals surface area contributed by atoms with Crippen LogP contribution in [0.2, 0.25) is 0 Å². The van der Waals surface area contributed by atoms with Crippen LogP contribution in [-0.4, -0.2) is 33.8 Å². The highest BCUT2D eigenvalue weighted by molar-refractivity contribution is 6.36. The molecule has 0 spiro atoms. The molecule has 0 saturated carbocycles. The average Bonchev–Trinajstić information content (AvgIpc) is 2.95. The molecule has 1 aromatic rings. The van der Waals surface area contributed by atoms with Gasteiger partial charge in [0.05, 0.1) is 12.2 Å². The summed E-state index contributed by atoms with van der Waals surface area (Å²) in [6.07, 6.45) is -0.964. The molecular formula is C11H13N3O5. The van der Waals surface area contributed by atoms with Crippen LogP contribution in [0.3, 0.4) is 0 Å². The molecule has 19 heavy (non-hydrogen) atoms. The Morgan fingerprint density at radius 1 is 1.47 bits per heavy atom. The number of carboxylic acid groups (broad SMARTS) is 1. The third kappa shape index (κ3) is 2.90. The zero-order chi connectivity index (χ0) is 14.0. The number of aromatic nitrogens is 1. The molecule has 0 radical (unpaired) electrons. The average molecular weight is 267 g/mol. The largest absolute Gasteiger partial charge is 0.477 e. The summed E-state index contributed by atoms with van der Waals surface area (Å²) in [7, 11) is 0. The molecule has 0 bridgehead atoms. The van der Waals surface area contributed by atoms with Crippen molar-refractivity contribution in [3.8, 4) is 0 Å². The summed E-state index contributed by atoms with van der Waals surface area (Å²) in [5, 5.41) is 14.6. The lowest BCUT2D eigenvalue weighted by Gasteiger charge is -2.07. The summed E-state index contributed by atoms with van der Waals surface area (Å²) >= 11 is 0. The first-order chi connectivity index (χ1) is 8.97. The second kappa shape index (κ2) is 5.09. The molecule has 1 aromatic heterocycles. The second-order valence-electron chi connectivity index (χ2n) is 4.11. The lowest BCUT2D eigenvalue weighted by molar-refractivity contribution is -0.131. The van der Waals surface area contributed by atoms with Crippen LogP contribution in [0.4, 0.5) is 0 Å². The second-order valence-corrected chi connectivity index (χ2v) is 4.11. The number of aliphatic carboxylic acids is 1. The van der Waals surface area contributed by atoms with Crippen LogP contribution in [0.15, 0.2) is 9.57 Å². The summed E-state index contributed by atoms with van der Waals surface area (Å²) in [6, 6.07) is 0. The van der Waals surface area contributed by atoms with E-state index in [4.69, 9.17) is 14.4 Å². The zero-order valence-corrected chi connectivity index (χ0v) is 10.5. The lowest BCUT2D eigenvalue weighted by Crippen LogP contribution is -2.34. The van der Waals surface area contributed by atoms with Crippen LogP contribution in [0.25, 0.3) is 0 Å². The molecule has 2 heterocycles. The van der Waals surface area contributed by atoms with Crippen LogP contribution >= 0.6 is 0 Å². The minimum Gasteiger partial charge on any atom is -0.477 e. The van der Waals surface area contributed by atoms with Crippen LogP contribution in [0, 0.1) is 13.8 Å². The van der Waals surface area contributed by atoms with Crippen LogP contribution in [0.5, 0.6) is 0 Å². The van der Waals surface area contributed by atoms with Gasteiger partial charge in [0, 0.05) is 6.42 Å². The highest BCUT2D eigenvalue weighted by Gasteiger charge is 2.31. The first kappa shape index (κ1) is 13.1. The Labute approximate surface area is 108 Å². The third-order valence-corrected chi connectivity index (χ3v) is 2.69. The van der Waals surface area contributed by atoms with Crippen molar-refractivity contribution in [2.75, 3.05) is 0 Å². The smallest absolute Gasteiger partial charge is 0.353 e. The lowest BCUT2D eigenvalue weighted by atomic mass is 10.2. The summed E-state index contributed by atoms with van der Waals surface area (Å²) < 4.78 is 5.30. The van der Waals surface area contributed by atoms with Gasteiger partial charge in [-0.25, -0.2) is 9.78 Å². The van der Waals surface area contributed by atoms with E-state index < -0.39 is 18.0 Å². The minimum absolute atomic E-state index is 0.0508. The molecule has 0 aliphatic carbocycles. The number of oxime groups is 1. The van der Waals surface area contributed by atoms with Gasteiger partial charge < -0.3 is 19.7 Å². The Morgan fingerprint density at radius 3 is 2.74 bits per heavy atom. The molecule has 1 amide bonds. The molecule has 0 fully saturated rings. The number of oxazole rings is 1. The van der Waals surface area contributed by atoms with E-state index >= 15 is 0 Å². The van der Waals surface area contributed by atoms with Crippen molar-refractivity contribution in [1.82, 2.24) is 10.3 Å². The van der Waals surface area contributed by atoms with E-state index in [1.165, 1.54) is 0 Å².